The lowest BCUT2D eigenvalue weighted by molar-refractivity contribution is -0.128. The van der Waals surface area contributed by atoms with Crippen LogP contribution in [0.4, 0.5) is 0 Å². The summed E-state index contributed by atoms with van der Waals surface area (Å²) in [6.45, 7) is 10.2. The fraction of sp³-hybridized carbons (Fsp3) is 0.933. The number of fused-ring (bicyclic) bond motifs is 2. The van der Waals surface area contributed by atoms with Gasteiger partial charge in [-0.1, -0.05) is 20.3 Å². The van der Waals surface area contributed by atoms with Crippen LogP contribution < -0.4 is 0 Å². The van der Waals surface area contributed by atoms with Gasteiger partial charge in [0.05, 0.1) is 0 Å². The largest absolute Gasteiger partial charge is 0.302 e. The standard InChI is InChI=1S/C15H28N2O/c1-4-16(5-2)11-12(3)17-13-7-6-8-14(17)10-15(18)9-13/h12-14H,4-11H2,1-3H3. The lowest BCUT2D eigenvalue weighted by Crippen LogP contribution is -2.58. The third-order valence-electron chi connectivity index (χ3n) is 4.77. The zero-order valence-electron chi connectivity index (χ0n) is 12.2. The molecule has 2 rings (SSSR count). The van der Waals surface area contributed by atoms with Crippen LogP contribution in [0.3, 0.4) is 0 Å². The Morgan fingerprint density at radius 3 is 2.28 bits per heavy atom. The van der Waals surface area contributed by atoms with Crippen LogP contribution in [0.5, 0.6) is 0 Å². The van der Waals surface area contributed by atoms with Gasteiger partial charge in [-0.05, 0) is 32.9 Å². The Labute approximate surface area is 112 Å². The van der Waals surface area contributed by atoms with Gasteiger partial charge in [0, 0.05) is 37.5 Å². The van der Waals surface area contributed by atoms with Gasteiger partial charge in [0.25, 0.3) is 0 Å². The minimum Gasteiger partial charge on any atom is -0.302 e. The van der Waals surface area contributed by atoms with Crippen LogP contribution in [0, 0.1) is 0 Å². The second kappa shape index (κ2) is 6.16. The van der Waals surface area contributed by atoms with Gasteiger partial charge in [-0.25, -0.2) is 0 Å². The molecule has 2 aliphatic rings. The Balaban J connectivity index is 2.00. The molecule has 3 nitrogen and oxygen atoms in total. The molecule has 0 spiro atoms. The maximum absolute atomic E-state index is 11.7. The number of hydrogen-bond acceptors (Lipinski definition) is 3. The monoisotopic (exact) mass is 252 g/mol. The maximum Gasteiger partial charge on any atom is 0.136 e. The van der Waals surface area contributed by atoms with Crippen LogP contribution in [0.2, 0.25) is 0 Å². The van der Waals surface area contributed by atoms with Gasteiger partial charge in [0.2, 0.25) is 0 Å². The second-order valence-electron chi connectivity index (χ2n) is 5.97. The fourth-order valence-corrected chi connectivity index (χ4v) is 3.88. The van der Waals surface area contributed by atoms with Crippen molar-refractivity contribution in [3.05, 3.63) is 0 Å². The Morgan fingerprint density at radius 1 is 1.22 bits per heavy atom. The summed E-state index contributed by atoms with van der Waals surface area (Å²) < 4.78 is 0. The normalized spacial score (nSPS) is 30.8. The third kappa shape index (κ3) is 2.94. The molecular weight excluding hydrogens is 224 g/mol. The third-order valence-corrected chi connectivity index (χ3v) is 4.77. The molecule has 2 heterocycles. The Bertz CT molecular complexity index is 272. The molecule has 2 fully saturated rings. The number of carbonyl (C=O) groups excluding carboxylic acids is 1. The molecule has 0 aromatic rings. The second-order valence-corrected chi connectivity index (χ2v) is 5.97. The minimum absolute atomic E-state index is 0.496. The first-order valence-electron chi connectivity index (χ1n) is 7.67. The molecule has 0 radical (unpaired) electrons. The van der Waals surface area contributed by atoms with E-state index in [2.05, 4.69) is 30.6 Å². The number of piperidine rings is 2. The molecule has 3 atom stereocenters. The van der Waals surface area contributed by atoms with E-state index in [0.717, 1.165) is 32.5 Å². The van der Waals surface area contributed by atoms with E-state index in [1.165, 1.54) is 19.3 Å². The van der Waals surface area contributed by atoms with Crippen molar-refractivity contribution in [1.82, 2.24) is 9.80 Å². The summed E-state index contributed by atoms with van der Waals surface area (Å²) in [4.78, 5) is 16.9. The minimum atomic E-state index is 0.496. The van der Waals surface area contributed by atoms with Crippen molar-refractivity contribution in [3.8, 4) is 0 Å². The highest BCUT2D eigenvalue weighted by Gasteiger charge is 2.39. The molecule has 2 bridgehead atoms. The van der Waals surface area contributed by atoms with E-state index in [0.29, 0.717) is 23.9 Å². The average molecular weight is 252 g/mol. The zero-order chi connectivity index (χ0) is 13.1. The van der Waals surface area contributed by atoms with Crippen LogP contribution in [0.1, 0.15) is 52.9 Å². The summed E-state index contributed by atoms with van der Waals surface area (Å²) >= 11 is 0. The van der Waals surface area contributed by atoms with Gasteiger partial charge in [-0.3, -0.25) is 9.69 Å². The van der Waals surface area contributed by atoms with Crippen molar-refractivity contribution in [3.63, 3.8) is 0 Å². The molecule has 0 amide bonds. The molecule has 2 aliphatic heterocycles. The first-order valence-corrected chi connectivity index (χ1v) is 7.67. The predicted molar refractivity (Wildman–Crippen MR) is 74.8 cm³/mol. The molecule has 0 N–H and O–H groups in total. The molecule has 104 valence electrons. The quantitative estimate of drug-likeness (QED) is 0.750. The van der Waals surface area contributed by atoms with Crippen LogP contribution in [-0.4, -0.2) is 53.3 Å². The lowest BCUT2D eigenvalue weighted by Gasteiger charge is -2.49. The lowest BCUT2D eigenvalue weighted by atomic mass is 9.82. The van der Waals surface area contributed by atoms with E-state index < -0.39 is 0 Å². The molecule has 0 aromatic carbocycles. The summed E-state index contributed by atoms with van der Waals surface area (Å²) in [6, 6.07) is 1.67. The van der Waals surface area contributed by atoms with Crippen LogP contribution in [-0.2, 0) is 4.79 Å². The fourth-order valence-electron chi connectivity index (χ4n) is 3.88. The van der Waals surface area contributed by atoms with Crippen molar-refractivity contribution in [2.75, 3.05) is 19.6 Å². The van der Waals surface area contributed by atoms with Crippen molar-refractivity contribution >= 4 is 5.78 Å². The number of rotatable bonds is 5. The summed E-state index contributed by atoms with van der Waals surface area (Å²) in [5.74, 6) is 0.496. The van der Waals surface area contributed by atoms with Crippen molar-refractivity contribution in [2.24, 2.45) is 0 Å². The van der Waals surface area contributed by atoms with Gasteiger partial charge in [-0.15, -0.1) is 0 Å². The molecule has 0 aromatic heterocycles. The number of carbonyl (C=O) groups is 1. The highest BCUT2D eigenvalue weighted by molar-refractivity contribution is 5.80. The number of hydrogen-bond donors (Lipinski definition) is 0. The van der Waals surface area contributed by atoms with Crippen molar-refractivity contribution in [1.29, 1.82) is 0 Å². The smallest absolute Gasteiger partial charge is 0.136 e. The SMILES string of the molecule is CCN(CC)CC(C)N1C2CCCC1CC(=O)C2. The Morgan fingerprint density at radius 2 is 1.78 bits per heavy atom. The highest BCUT2D eigenvalue weighted by Crippen LogP contribution is 2.34. The van der Waals surface area contributed by atoms with E-state index in [-0.39, 0.29) is 0 Å². The predicted octanol–water partition coefficient (Wildman–Crippen LogP) is 2.30. The Kier molecular flexibility index (Phi) is 4.79. The molecular formula is C15H28N2O. The van der Waals surface area contributed by atoms with Gasteiger partial charge in [-0.2, -0.15) is 0 Å². The summed E-state index contributed by atoms with van der Waals surface area (Å²) in [5.41, 5.74) is 0. The van der Waals surface area contributed by atoms with Gasteiger partial charge < -0.3 is 4.90 Å². The highest BCUT2D eigenvalue weighted by atomic mass is 16.1. The van der Waals surface area contributed by atoms with Gasteiger partial charge >= 0.3 is 0 Å². The van der Waals surface area contributed by atoms with Crippen molar-refractivity contribution in [2.45, 2.75) is 71.0 Å². The molecule has 18 heavy (non-hydrogen) atoms. The van der Waals surface area contributed by atoms with E-state index in [1.807, 2.05) is 0 Å². The van der Waals surface area contributed by atoms with E-state index >= 15 is 0 Å². The van der Waals surface area contributed by atoms with E-state index in [1.54, 1.807) is 0 Å². The topological polar surface area (TPSA) is 23.6 Å². The average Bonchev–Trinajstić information content (AvgIpc) is 2.34. The molecule has 3 heteroatoms. The van der Waals surface area contributed by atoms with E-state index in [9.17, 15) is 4.79 Å². The zero-order valence-corrected chi connectivity index (χ0v) is 12.2. The van der Waals surface area contributed by atoms with E-state index in [4.69, 9.17) is 0 Å². The number of nitrogens with zero attached hydrogens (tertiary/aromatic N) is 2. The molecule has 2 saturated heterocycles. The van der Waals surface area contributed by atoms with Crippen molar-refractivity contribution < 1.29 is 4.79 Å². The van der Waals surface area contributed by atoms with Gasteiger partial charge in [0.1, 0.15) is 5.78 Å². The van der Waals surface area contributed by atoms with Crippen LogP contribution >= 0.6 is 0 Å². The number of Topliss-reactive ketones (excluding diaryl/α,β-unsaturated/α-hetero) is 1. The number of likely N-dealkylation sites (N-methyl/N-ethyl adjacent to an activating group) is 1. The maximum atomic E-state index is 11.7. The Hall–Kier alpha value is -0.410. The summed E-state index contributed by atoms with van der Waals surface area (Å²) in [6.07, 6.45) is 5.38. The summed E-state index contributed by atoms with van der Waals surface area (Å²) in [7, 11) is 0. The van der Waals surface area contributed by atoms with Gasteiger partial charge in [0.15, 0.2) is 0 Å². The first kappa shape index (κ1) is 14.0. The molecule has 0 saturated carbocycles. The first-order chi connectivity index (χ1) is 8.65. The van der Waals surface area contributed by atoms with Crippen LogP contribution in [0.15, 0.2) is 0 Å². The molecule has 0 aliphatic carbocycles. The summed E-state index contributed by atoms with van der Waals surface area (Å²) in [5, 5.41) is 0. The van der Waals surface area contributed by atoms with Crippen LogP contribution in [0.25, 0.3) is 0 Å². The molecule has 3 unspecified atom stereocenters. The number of ketones is 1.